The number of ether oxygens (including phenoxy) is 1. The van der Waals surface area contributed by atoms with E-state index in [0.717, 1.165) is 33.3 Å². The molecule has 1 N–H and O–H groups in total. The fourth-order valence-corrected chi connectivity index (χ4v) is 3.85. The molecular formula is C13H13Br2NOS. The molecule has 0 bridgehead atoms. The van der Waals surface area contributed by atoms with Gasteiger partial charge in [-0.15, -0.1) is 0 Å². The monoisotopic (exact) mass is 389 g/mol. The van der Waals surface area contributed by atoms with Crippen molar-refractivity contribution >= 4 is 43.2 Å². The molecule has 1 aromatic heterocycles. The van der Waals surface area contributed by atoms with Gasteiger partial charge in [0.15, 0.2) is 0 Å². The van der Waals surface area contributed by atoms with Gasteiger partial charge in [0.25, 0.3) is 0 Å². The zero-order valence-electron chi connectivity index (χ0n) is 9.87. The van der Waals surface area contributed by atoms with E-state index in [9.17, 15) is 0 Å². The van der Waals surface area contributed by atoms with Gasteiger partial charge in [-0.25, -0.2) is 0 Å². The van der Waals surface area contributed by atoms with Crippen molar-refractivity contribution in [3.8, 4) is 5.75 Å². The van der Waals surface area contributed by atoms with Crippen LogP contribution in [-0.2, 0) is 13.1 Å². The zero-order valence-corrected chi connectivity index (χ0v) is 13.9. The largest absolute Gasteiger partial charge is 0.495 e. The second-order valence-corrected chi connectivity index (χ2v) is 6.37. The van der Waals surface area contributed by atoms with E-state index in [0.29, 0.717) is 0 Å². The molecule has 96 valence electrons. The summed E-state index contributed by atoms with van der Waals surface area (Å²) in [5, 5.41) is 7.66. The molecule has 5 heteroatoms. The molecule has 1 aromatic carbocycles. The number of rotatable bonds is 5. The first-order valence-corrected chi connectivity index (χ1v) is 7.97. The van der Waals surface area contributed by atoms with E-state index in [1.165, 1.54) is 5.56 Å². The summed E-state index contributed by atoms with van der Waals surface area (Å²) in [5.74, 6) is 0.885. The molecule has 0 spiro atoms. The Kier molecular flexibility index (Phi) is 5.24. The van der Waals surface area contributed by atoms with Crippen LogP contribution in [0.5, 0.6) is 5.75 Å². The summed E-state index contributed by atoms with van der Waals surface area (Å²) in [6.07, 6.45) is 0. The van der Waals surface area contributed by atoms with Crippen LogP contribution in [-0.4, -0.2) is 7.11 Å². The lowest BCUT2D eigenvalue weighted by Crippen LogP contribution is -2.13. The first kappa shape index (κ1) is 14.1. The lowest BCUT2D eigenvalue weighted by molar-refractivity contribution is 0.405. The van der Waals surface area contributed by atoms with Gasteiger partial charge in [-0.1, -0.05) is 15.9 Å². The number of hydrogen-bond acceptors (Lipinski definition) is 3. The minimum absolute atomic E-state index is 0.775. The number of thiophene rings is 1. The van der Waals surface area contributed by atoms with Gasteiger partial charge in [0.1, 0.15) is 5.75 Å². The number of nitrogens with one attached hydrogen (secondary N) is 1. The molecule has 2 aromatic rings. The Bertz CT molecular complexity index is 514. The molecule has 0 saturated carbocycles. The van der Waals surface area contributed by atoms with Crippen molar-refractivity contribution in [1.29, 1.82) is 0 Å². The Morgan fingerprint density at radius 2 is 2.11 bits per heavy atom. The van der Waals surface area contributed by atoms with E-state index < -0.39 is 0 Å². The van der Waals surface area contributed by atoms with Crippen molar-refractivity contribution in [2.45, 2.75) is 13.1 Å². The van der Waals surface area contributed by atoms with Gasteiger partial charge in [-0.2, -0.15) is 11.3 Å². The smallest absolute Gasteiger partial charge is 0.137 e. The minimum atomic E-state index is 0.775. The van der Waals surface area contributed by atoms with Gasteiger partial charge < -0.3 is 10.1 Å². The predicted molar refractivity (Wildman–Crippen MR) is 83.3 cm³/mol. The topological polar surface area (TPSA) is 21.3 Å². The summed E-state index contributed by atoms with van der Waals surface area (Å²) in [6.45, 7) is 1.65. The first-order chi connectivity index (χ1) is 8.70. The number of methoxy groups -OCH3 is 1. The van der Waals surface area contributed by atoms with Crippen molar-refractivity contribution in [1.82, 2.24) is 5.32 Å². The Morgan fingerprint density at radius 3 is 2.78 bits per heavy atom. The van der Waals surface area contributed by atoms with Gasteiger partial charge in [-0.3, -0.25) is 0 Å². The Morgan fingerprint density at radius 1 is 1.28 bits per heavy atom. The lowest BCUT2D eigenvalue weighted by Gasteiger charge is -2.12. The maximum absolute atomic E-state index is 5.41. The average Bonchev–Trinajstić information content (AvgIpc) is 2.81. The van der Waals surface area contributed by atoms with Crippen LogP contribution in [0.4, 0.5) is 0 Å². The predicted octanol–water partition coefficient (Wildman–Crippen LogP) is 4.57. The van der Waals surface area contributed by atoms with Crippen molar-refractivity contribution in [2.24, 2.45) is 0 Å². The Hall–Kier alpha value is -0.360. The van der Waals surface area contributed by atoms with E-state index in [4.69, 9.17) is 4.74 Å². The molecule has 0 amide bonds. The van der Waals surface area contributed by atoms with Crippen LogP contribution in [0, 0.1) is 0 Å². The van der Waals surface area contributed by atoms with Gasteiger partial charge in [-0.05, 0) is 50.5 Å². The maximum atomic E-state index is 5.41. The number of benzene rings is 1. The summed E-state index contributed by atoms with van der Waals surface area (Å²) in [7, 11) is 1.69. The summed E-state index contributed by atoms with van der Waals surface area (Å²) in [4.78, 5) is 0. The van der Waals surface area contributed by atoms with Gasteiger partial charge in [0.2, 0.25) is 0 Å². The van der Waals surface area contributed by atoms with E-state index in [1.54, 1.807) is 18.4 Å². The molecular weight excluding hydrogens is 378 g/mol. The molecule has 1 heterocycles. The van der Waals surface area contributed by atoms with Crippen molar-refractivity contribution in [3.63, 3.8) is 0 Å². The maximum Gasteiger partial charge on any atom is 0.137 e. The fourth-order valence-electron chi connectivity index (χ4n) is 1.71. The standard InChI is InChI=1S/C13H13Br2NOS/c1-17-13-10(4-11(14)5-12(13)15)7-16-6-9-2-3-18-8-9/h2-5,8,16H,6-7H2,1H3. The number of hydrogen-bond donors (Lipinski definition) is 1. The van der Waals surface area contributed by atoms with Crippen LogP contribution in [0.2, 0.25) is 0 Å². The molecule has 0 fully saturated rings. The molecule has 2 rings (SSSR count). The summed E-state index contributed by atoms with van der Waals surface area (Å²) < 4.78 is 7.42. The zero-order chi connectivity index (χ0) is 13.0. The molecule has 2 nitrogen and oxygen atoms in total. The SMILES string of the molecule is COc1c(Br)cc(Br)cc1CNCc1ccsc1. The number of halogens is 2. The van der Waals surface area contributed by atoms with Crippen LogP contribution in [0.15, 0.2) is 37.9 Å². The lowest BCUT2D eigenvalue weighted by atomic mass is 10.2. The van der Waals surface area contributed by atoms with Gasteiger partial charge >= 0.3 is 0 Å². The van der Waals surface area contributed by atoms with Crippen molar-refractivity contribution in [2.75, 3.05) is 7.11 Å². The molecule has 0 aliphatic rings. The summed E-state index contributed by atoms with van der Waals surface area (Å²) >= 11 is 8.72. The molecule has 0 atom stereocenters. The highest BCUT2D eigenvalue weighted by Gasteiger charge is 2.08. The first-order valence-electron chi connectivity index (χ1n) is 5.44. The highest BCUT2D eigenvalue weighted by Crippen LogP contribution is 2.32. The van der Waals surface area contributed by atoms with Crippen LogP contribution in [0.3, 0.4) is 0 Å². The summed E-state index contributed by atoms with van der Waals surface area (Å²) in [5.41, 5.74) is 2.45. The highest BCUT2D eigenvalue weighted by molar-refractivity contribution is 9.11. The third-order valence-electron chi connectivity index (χ3n) is 2.51. The highest BCUT2D eigenvalue weighted by atomic mass is 79.9. The van der Waals surface area contributed by atoms with Crippen LogP contribution >= 0.6 is 43.2 Å². The van der Waals surface area contributed by atoms with E-state index in [-0.39, 0.29) is 0 Å². The van der Waals surface area contributed by atoms with E-state index >= 15 is 0 Å². The third kappa shape index (κ3) is 3.57. The van der Waals surface area contributed by atoms with Crippen LogP contribution in [0.1, 0.15) is 11.1 Å². The molecule has 0 radical (unpaired) electrons. The van der Waals surface area contributed by atoms with Crippen molar-refractivity contribution in [3.05, 3.63) is 49.0 Å². The molecule has 0 aliphatic heterocycles. The molecule has 18 heavy (non-hydrogen) atoms. The van der Waals surface area contributed by atoms with Gasteiger partial charge in [0.05, 0.1) is 11.6 Å². The van der Waals surface area contributed by atoms with Crippen LogP contribution in [0.25, 0.3) is 0 Å². The molecule has 0 aliphatic carbocycles. The van der Waals surface area contributed by atoms with E-state index in [1.807, 2.05) is 6.07 Å². The molecule has 0 unspecified atom stereocenters. The Balaban J connectivity index is 2.04. The second-order valence-electron chi connectivity index (χ2n) is 3.82. The van der Waals surface area contributed by atoms with Crippen molar-refractivity contribution < 1.29 is 4.74 Å². The Labute approximate surface area is 128 Å². The van der Waals surface area contributed by atoms with Gasteiger partial charge in [0, 0.05) is 23.1 Å². The normalized spacial score (nSPS) is 10.6. The summed E-state index contributed by atoms with van der Waals surface area (Å²) in [6, 6.07) is 6.19. The quantitative estimate of drug-likeness (QED) is 0.807. The molecule has 0 saturated heterocycles. The second kappa shape index (κ2) is 6.70. The minimum Gasteiger partial charge on any atom is -0.495 e. The fraction of sp³-hybridized carbons (Fsp3) is 0.231. The third-order valence-corrected chi connectivity index (χ3v) is 4.29. The van der Waals surface area contributed by atoms with E-state index in [2.05, 4.69) is 60.1 Å². The van der Waals surface area contributed by atoms with Crippen LogP contribution < -0.4 is 10.1 Å². The average molecular weight is 391 g/mol.